The van der Waals surface area contributed by atoms with Crippen molar-refractivity contribution in [2.45, 2.75) is 0 Å². The smallest absolute Gasteiger partial charge is 0.151 e. The molecule has 0 fully saturated rings. The molecule has 2 nitrogen and oxygen atoms in total. The van der Waals surface area contributed by atoms with Gasteiger partial charge in [-0.2, -0.15) is 0 Å². The molecule has 1 aliphatic heterocycles. The number of carbonyl (C=O) groups is 1. The third-order valence-electron chi connectivity index (χ3n) is 0.713. The average Bonchev–Trinajstić information content (AvgIpc) is 2.14. The zero-order valence-electron chi connectivity index (χ0n) is 3.66. The quantitative estimate of drug-likeness (QED) is 0.427. The molecule has 0 aliphatic carbocycles. The average molecular weight is 94.1 g/mol. The monoisotopic (exact) mass is 94.0 g/mol. The molecular weight excluding hydrogens is 90.1 g/mol. The fourth-order valence-electron chi connectivity index (χ4n) is 0.371. The van der Waals surface area contributed by atoms with E-state index < -0.39 is 0 Å². The molecule has 1 aliphatic rings. The molecule has 0 atom stereocenters. The van der Waals surface area contributed by atoms with Crippen LogP contribution in [0.2, 0.25) is 0 Å². The maximum Gasteiger partial charge on any atom is 0.151 e. The summed E-state index contributed by atoms with van der Waals surface area (Å²) in [6.07, 6.45) is 5.54. The minimum atomic E-state index is 0.639. The zero-order valence-corrected chi connectivity index (χ0v) is 3.66. The predicted molar refractivity (Wildman–Crippen MR) is 25.4 cm³/mol. The van der Waals surface area contributed by atoms with Gasteiger partial charge in [0.05, 0.1) is 0 Å². The lowest BCUT2D eigenvalue weighted by Gasteiger charge is -1.71. The number of aldehydes is 1. The summed E-state index contributed by atoms with van der Waals surface area (Å²) < 4.78 is 0. The molecule has 0 N–H and O–H groups in total. The largest absolute Gasteiger partial charge is 0.298 e. The third kappa shape index (κ3) is 0.682. The van der Waals surface area contributed by atoms with Crippen LogP contribution in [-0.2, 0) is 4.79 Å². The Morgan fingerprint density at radius 2 is 2.57 bits per heavy atom. The highest BCUT2D eigenvalue weighted by atomic mass is 16.1. The first-order valence-electron chi connectivity index (χ1n) is 1.95. The Labute approximate surface area is 41.5 Å². The highest BCUT2D eigenvalue weighted by Gasteiger charge is 1.91. The minimum absolute atomic E-state index is 0.639. The lowest BCUT2D eigenvalue weighted by Crippen LogP contribution is -1.75. The van der Waals surface area contributed by atoms with Gasteiger partial charge < -0.3 is 0 Å². The Bertz CT molecular complexity index is 135. The van der Waals surface area contributed by atoms with Gasteiger partial charge in [0, 0.05) is 18.0 Å². The minimum Gasteiger partial charge on any atom is -0.298 e. The van der Waals surface area contributed by atoms with Gasteiger partial charge in [0.15, 0.2) is 6.29 Å². The number of allylic oxidation sites excluding steroid dienone is 2. The second kappa shape index (κ2) is 1.60. The van der Waals surface area contributed by atoms with Crippen LogP contribution < -0.4 is 5.32 Å². The molecule has 0 saturated carbocycles. The van der Waals surface area contributed by atoms with Gasteiger partial charge >= 0.3 is 0 Å². The zero-order chi connectivity index (χ0) is 5.11. The molecule has 0 saturated heterocycles. The van der Waals surface area contributed by atoms with Gasteiger partial charge in [-0.1, -0.05) is 0 Å². The summed E-state index contributed by atoms with van der Waals surface area (Å²) in [5, 5.41) is 3.66. The van der Waals surface area contributed by atoms with Crippen LogP contribution in [0.1, 0.15) is 0 Å². The normalized spacial score (nSPS) is 15.7. The van der Waals surface area contributed by atoms with E-state index >= 15 is 0 Å². The van der Waals surface area contributed by atoms with Crippen LogP contribution in [0, 0.1) is 0 Å². The molecule has 0 aromatic rings. The fraction of sp³-hybridized carbons (Fsp3) is 0. The van der Waals surface area contributed by atoms with E-state index in [1.54, 1.807) is 12.3 Å². The van der Waals surface area contributed by atoms with E-state index in [4.69, 9.17) is 0 Å². The number of hydrogen-bond donors (Lipinski definition) is 0. The van der Waals surface area contributed by atoms with Gasteiger partial charge in [0.2, 0.25) is 0 Å². The third-order valence-corrected chi connectivity index (χ3v) is 0.713. The van der Waals surface area contributed by atoms with Crippen LogP contribution in [0.25, 0.3) is 0 Å². The topological polar surface area (TPSA) is 31.2 Å². The van der Waals surface area contributed by atoms with Gasteiger partial charge in [-0.25, -0.2) is 0 Å². The number of hydrogen-bond acceptors (Lipinski definition) is 1. The van der Waals surface area contributed by atoms with Crippen molar-refractivity contribution in [3.8, 4) is 0 Å². The highest BCUT2D eigenvalue weighted by molar-refractivity contribution is 5.78. The molecule has 1 radical (unpaired) electrons. The summed E-state index contributed by atoms with van der Waals surface area (Å²) in [5.41, 5.74) is 0.639. The van der Waals surface area contributed by atoms with E-state index in [2.05, 4.69) is 5.32 Å². The van der Waals surface area contributed by atoms with Crippen molar-refractivity contribution in [2.24, 2.45) is 0 Å². The highest BCUT2D eigenvalue weighted by Crippen LogP contribution is 1.95. The fourth-order valence-corrected chi connectivity index (χ4v) is 0.371. The molecule has 7 heavy (non-hydrogen) atoms. The Balaban J connectivity index is 2.69. The van der Waals surface area contributed by atoms with Crippen LogP contribution in [-0.4, -0.2) is 6.29 Å². The van der Waals surface area contributed by atoms with Gasteiger partial charge in [0.1, 0.15) is 0 Å². The summed E-state index contributed by atoms with van der Waals surface area (Å²) in [4.78, 5) is 9.83. The first-order valence-corrected chi connectivity index (χ1v) is 1.95. The van der Waals surface area contributed by atoms with Crippen molar-refractivity contribution >= 4 is 6.29 Å². The molecule has 1 rings (SSSR count). The lowest BCUT2D eigenvalue weighted by atomic mass is 10.3. The molecule has 1 heterocycles. The molecular formula is C5H4NO. The summed E-state index contributed by atoms with van der Waals surface area (Å²) in [5.74, 6) is 0. The van der Waals surface area contributed by atoms with Crippen LogP contribution in [0.3, 0.4) is 0 Å². The Morgan fingerprint density at radius 1 is 1.71 bits per heavy atom. The summed E-state index contributed by atoms with van der Waals surface area (Å²) in [6, 6.07) is 0. The van der Waals surface area contributed by atoms with Crippen LogP contribution in [0.5, 0.6) is 0 Å². The van der Waals surface area contributed by atoms with Gasteiger partial charge in [-0.15, -0.1) is 0 Å². The summed E-state index contributed by atoms with van der Waals surface area (Å²) in [7, 11) is 0. The second-order valence-electron chi connectivity index (χ2n) is 1.21. The van der Waals surface area contributed by atoms with Gasteiger partial charge in [-0.3, -0.25) is 10.1 Å². The molecule has 0 amide bonds. The first-order chi connectivity index (χ1) is 3.43. The maximum atomic E-state index is 9.83. The predicted octanol–water partition coefficient (Wildman–Crippen LogP) is 0.201. The van der Waals surface area contributed by atoms with E-state index in [0.717, 1.165) is 6.29 Å². The number of carbonyl (C=O) groups excluding carboxylic acids is 1. The SMILES string of the molecule is O=CC1=C[N]C=C1. The molecule has 0 unspecified atom stereocenters. The lowest BCUT2D eigenvalue weighted by molar-refractivity contribution is -0.104. The van der Waals surface area contributed by atoms with Crippen LogP contribution >= 0.6 is 0 Å². The molecule has 0 bridgehead atoms. The molecule has 0 spiro atoms. The Hall–Kier alpha value is -1.05. The van der Waals surface area contributed by atoms with Crippen molar-refractivity contribution in [1.82, 2.24) is 5.32 Å². The van der Waals surface area contributed by atoms with E-state index in [1.807, 2.05) is 0 Å². The van der Waals surface area contributed by atoms with Crippen molar-refractivity contribution in [1.29, 1.82) is 0 Å². The van der Waals surface area contributed by atoms with E-state index in [9.17, 15) is 4.79 Å². The Morgan fingerprint density at radius 3 is 2.86 bits per heavy atom. The second-order valence-corrected chi connectivity index (χ2v) is 1.21. The molecule has 35 valence electrons. The standard InChI is InChI=1S/C5H4NO/c7-4-5-1-2-6-3-5/h1-4H. The Kier molecular flexibility index (Phi) is 0.941. The van der Waals surface area contributed by atoms with Crippen LogP contribution in [0.4, 0.5) is 0 Å². The van der Waals surface area contributed by atoms with Gasteiger partial charge in [0.25, 0.3) is 0 Å². The molecule has 2 heteroatoms. The van der Waals surface area contributed by atoms with E-state index in [-0.39, 0.29) is 0 Å². The molecule has 0 aromatic carbocycles. The number of nitrogens with zero attached hydrogens (tertiary/aromatic N) is 1. The van der Waals surface area contributed by atoms with Crippen molar-refractivity contribution in [3.05, 3.63) is 24.0 Å². The van der Waals surface area contributed by atoms with Crippen molar-refractivity contribution in [3.63, 3.8) is 0 Å². The molecule has 0 aromatic heterocycles. The first kappa shape index (κ1) is 4.12. The number of rotatable bonds is 1. The van der Waals surface area contributed by atoms with E-state index in [0.29, 0.717) is 5.57 Å². The maximum absolute atomic E-state index is 9.83. The van der Waals surface area contributed by atoms with Crippen molar-refractivity contribution in [2.75, 3.05) is 0 Å². The van der Waals surface area contributed by atoms with Crippen LogP contribution in [0.15, 0.2) is 24.0 Å². The van der Waals surface area contributed by atoms with Gasteiger partial charge in [-0.05, 0) is 6.08 Å². The van der Waals surface area contributed by atoms with Crippen molar-refractivity contribution < 1.29 is 4.79 Å². The summed E-state index contributed by atoms with van der Waals surface area (Å²) in [6.45, 7) is 0. The summed E-state index contributed by atoms with van der Waals surface area (Å²) >= 11 is 0. The van der Waals surface area contributed by atoms with E-state index in [1.165, 1.54) is 6.20 Å².